The third kappa shape index (κ3) is 6.83. The standard InChI is InChI=1S/C11H20BrClO/c1-10(2,7-9(13)14)5-6-11(3,4)8-12/h5-8H2,1-4H3. The summed E-state index contributed by atoms with van der Waals surface area (Å²) >= 11 is 8.89. The van der Waals surface area contributed by atoms with E-state index >= 15 is 0 Å². The van der Waals surface area contributed by atoms with E-state index in [1.807, 2.05) is 0 Å². The average molecular weight is 284 g/mol. The van der Waals surface area contributed by atoms with E-state index in [9.17, 15) is 4.79 Å². The third-order valence-electron chi connectivity index (χ3n) is 2.46. The summed E-state index contributed by atoms with van der Waals surface area (Å²) in [5.74, 6) is 0. The van der Waals surface area contributed by atoms with Gasteiger partial charge in [0.25, 0.3) is 0 Å². The zero-order chi connectivity index (χ0) is 11.4. The normalized spacial score (nSPS) is 13.0. The topological polar surface area (TPSA) is 17.1 Å². The van der Waals surface area contributed by atoms with Crippen molar-refractivity contribution in [2.24, 2.45) is 10.8 Å². The summed E-state index contributed by atoms with van der Waals surface area (Å²) in [5, 5.41) is 0.761. The highest BCUT2D eigenvalue weighted by atomic mass is 79.9. The molecule has 0 radical (unpaired) electrons. The third-order valence-corrected chi connectivity index (χ3v) is 4.11. The minimum Gasteiger partial charge on any atom is -0.281 e. The van der Waals surface area contributed by atoms with E-state index in [1.54, 1.807) is 0 Å². The molecule has 0 unspecified atom stereocenters. The number of hydrogen-bond acceptors (Lipinski definition) is 1. The summed E-state index contributed by atoms with van der Waals surface area (Å²) in [7, 11) is 0. The summed E-state index contributed by atoms with van der Waals surface area (Å²) in [6.07, 6.45) is 2.60. The lowest BCUT2D eigenvalue weighted by molar-refractivity contribution is -0.113. The van der Waals surface area contributed by atoms with Crippen molar-refractivity contribution in [3.63, 3.8) is 0 Å². The number of rotatable bonds is 6. The van der Waals surface area contributed by atoms with Crippen molar-refractivity contribution in [3.8, 4) is 0 Å². The van der Waals surface area contributed by atoms with Crippen LogP contribution in [0.3, 0.4) is 0 Å². The Bertz CT molecular complexity index is 199. The number of carbonyl (C=O) groups excluding carboxylic acids is 1. The first-order valence-electron chi connectivity index (χ1n) is 4.93. The summed E-state index contributed by atoms with van der Waals surface area (Å²) in [6, 6.07) is 0. The molecule has 0 rings (SSSR count). The molecule has 84 valence electrons. The first-order chi connectivity index (χ1) is 6.18. The molecule has 0 aromatic heterocycles. The highest BCUT2D eigenvalue weighted by molar-refractivity contribution is 9.09. The maximum absolute atomic E-state index is 10.8. The van der Waals surface area contributed by atoms with Gasteiger partial charge in [0.1, 0.15) is 0 Å². The molecular weight excluding hydrogens is 263 g/mol. The number of halogens is 2. The minimum absolute atomic E-state index is 0.0261. The smallest absolute Gasteiger partial charge is 0.222 e. The van der Waals surface area contributed by atoms with Crippen molar-refractivity contribution < 1.29 is 4.79 Å². The lowest BCUT2D eigenvalue weighted by Crippen LogP contribution is -2.20. The Balaban J connectivity index is 4.04. The van der Waals surface area contributed by atoms with Gasteiger partial charge in [-0.15, -0.1) is 0 Å². The fourth-order valence-electron chi connectivity index (χ4n) is 1.21. The van der Waals surface area contributed by atoms with Crippen molar-refractivity contribution in [2.75, 3.05) is 5.33 Å². The summed E-state index contributed by atoms with van der Waals surface area (Å²) in [4.78, 5) is 10.8. The van der Waals surface area contributed by atoms with E-state index in [1.165, 1.54) is 0 Å². The molecule has 0 fully saturated rings. The molecule has 0 atom stereocenters. The first-order valence-corrected chi connectivity index (χ1v) is 6.43. The van der Waals surface area contributed by atoms with Crippen LogP contribution in [-0.2, 0) is 4.79 Å². The van der Waals surface area contributed by atoms with Gasteiger partial charge in [0.2, 0.25) is 5.24 Å². The molecule has 0 spiro atoms. The molecular formula is C11H20BrClO. The van der Waals surface area contributed by atoms with E-state index < -0.39 is 0 Å². The zero-order valence-electron chi connectivity index (χ0n) is 9.49. The van der Waals surface area contributed by atoms with Gasteiger partial charge in [0, 0.05) is 11.8 Å². The number of carbonyl (C=O) groups is 1. The van der Waals surface area contributed by atoms with Gasteiger partial charge < -0.3 is 0 Å². The Hall–Kier alpha value is 0.440. The SMILES string of the molecule is CC(C)(CBr)CCC(C)(C)CC(=O)Cl. The molecule has 0 aliphatic carbocycles. The molecule has 0 saturated heterocycles. The Labute approximate surface area is 101 Å². The number of alkyl halides is 1. The van der Waals surface area contributed by atoms with Crippen molar-refractivity contribution in [1.82, 2.24) is 0 Å². The van der Waals surface area contributed by atoms with Crippen molar-refractivity contribution in [2.45, 2.75) is 47.0 Å². The van der Waals surface area contributed by atoms with Gasteiger partial charge in [-0.05, 0) is 35.3 Å². The van der Waals surface area contributed by atoms with Crippen LogP contribution in [0.25, 0.3) is 0 Å². The molecule has 0 heterocycles. The Kier molecular flexibility index (Phi) is 5.68. The quantitative estimate of drug-likeness (QED) is 0.522. The van der Waals surface area contributed by atoms with E-state index in [0.717, 1.165) is 18.2 Å². The van der Waals surface area contributed by atoms with Gasteiger partial charge in [0.05, 0.1) is 0 Å². The first kappa shape index (κ1) is 14.4. The predicted molar refractivity (Wildman–Crippen MR) is 66.1 cm³/mol. The molecule has 0 N–H and O–H groups in total. The van der Waals surface area contributed by atoms with Gasteiger partial charge in [-0.1, -0.05) is 43.6 Å². The highest BCUT2D eigenvalue weighted by Gasteiger charge is 2.25. The lowest BCUT2D eigenvalue weighted by atomic mass is 9.78. The molecule has 14 heavy (non-hydrogen) atoms. The molecule has 3 heteroatoms. The molecule has 0 amide bonds. The van der Waals surface area contributed by atoms with Gasteiger partial charge in [-0.2, -0.15) is 0 Å². The zero-order valence-corrected chi connectivity index (χ0v) is 11.8. The van der Waals surface area contributed by atoms with Crippen molar-refractivity contribution in [3.05, 3.63) is 0 Å². The van der Waals surface area contributed by atoms with Crippen LogP contribution in [0.4, 0.5) is 0 Å². The minimum atomic E-state index is -0.230. The second-order valence-electron chi connectivity index (χ2n) is 5.49. The predicted octanol–water partition coefficient (Wildman–Crippen LogP) is 4.37. The van der Waals surface area contributed by atoms with Crippen LogP contribution in [0.15, 0.2) is 0 Å². The second-order valence-corrected chi connectivity index (χ2v) is 6.48. The van der Waals surface area contributed by atoms with Crippen LogP contribution >= 0.6 is 27.5 Å². The maximum atomic E-state index is 10.8. The van der Waals surface area contributed by atoms with Crippen molar-refractivity contribution in [1.29, 1.82) is 0 Å². The van der Waals surface area contributed by atoms with Crippen LogP contribution in [0.1, 0.15) is 47.0 Å². The Morgan fingerprint density at radius 1 is 1.14 bits per heavy atom. The largest absolute Gasteiger partial charge is 0.281 e. The van der Waals surface area contributed by atoms with Crippen LogP contribution in [0, 0.1) is 10.8 Å². The summed E-state index contributed by atoms with van der Waals surface area (Å²) < 4.78 is 0. The molecule has 0 saturated carbocycles. The molecule has 1 nitrogen and oxygen atoms in total. The van der Waals surface area contributed by atoms with Crippen LogP contribution < -0.4 is 0 Å². The van der Waals surface area contributed by atoms with Crippen LogP contribution in [0.5, 0.6) is 0 Å². The van der Waals surface area contributed by atoms with E-state index in [4.69, 9.17) is 11.6 Å². The fourth-order valence-corrected chi connectivity index (χ4v) is 1.85. The lowest BCUT2D eigenvalue weighted by Gasteiger charge is -2.29. The van der Waals surface area contributed by atoms with E-state index in [0.29, 0.717) is 11.8 Å². The van der Waals surface area contributed by atoms with Gasteiger partial charge in [-0.25, -0.2) is 0 Å². The van der Waals surface area contributed by atoms with Gasteiger partial charge in [-0.3, -0.25) is 4.79 Å². The monoisotopic (exact) mass is 282 g/mol. The Morgan fingerprint density at radius 3 is 1.93 bits per heavy atom. The van der Waals surface area contributed by atoms with Crippen molar-refractivity contribution >= 4 is 32.8 Å². The maximum Gasteiger partial charge on any atom is 0.222 e. The molecule has 0 aliphatic heterocycles. The molecule has 0 aromatic rings. The number of hydrogen-bond donors (Lipinski definition) is 0. The molecule has 0 aliphatic rings. The van der Waals surface area contributed by atoms with Crippen LogP contribution in [0.2, 0.25) is 0 Å². The second kappa shape index (κ2) is 5.50. The fraction of sp³-hybridized carbons (Fsp3) is 0.909. The highest BCUT2D eigenvalue weighted by Crippen LogP contribution is 2.34. The van der Waals surface area contributed by atoms with E-state index in [-0.39, 0.29) is 10.7 Å². The summed E-state index contributed by atoms with van der Waals surface area (Å²) in [6.45, 7) is 8.63. The molecule has 0 aromatic carbocycles. The van der Waals surface area contributed by atoms with E-state index in [2.05, 4.69) is 43.6 Å². The average Bonchev–Trinajstić information content (AvgIpc) is 1.99. The Morgan fingerprint density at radius 2 is 1.57 bits per heavy atom. The van der Waals surface area contributed by atoms with Gasteiger partial charge in [0.15, 0.2) is 0 Å². The van der Waals surface area contributed by atoms with Gasteiger partial charge >= 0.3 is 0 Å². The van der Waals surface area contributed by atoms with Crippen LogP contribution in [-0.4, -0.2) is 10.6 Å². The molecule has 0 bridgehead atoms. The summed E-state index contributed by atoms with van der Waals surface area (Å²) in [5.41, 5.74) is 0.324.